The molecule has 0 radical (unpaired) electrons. The van der Waals surface area contributed by atoms with Gasteiger partial charge in [0.1, 0.15) is 0 Å². The predicted molar refractivity (Wildman–Crippen MR) is 177 cm³/mol. The fraction of sp³-hybridized carbons (Fsp3) is 0.973. The van der Waals surface area contributed by atoms with E-state index in [0.29, 0.717) is 6.42 Å². The fourth-order valence-corrected chi connectivity index (χ4v) is 5.45. The van der Waals surface area contributed by atoms with Gasteiger partial charge in [0.25, 0.3) is 0 Å². The lowest BCUT2D eigenvalue weighted by molar-refractivity contribution is -0.137. The molecule has 0 aliphatic heterocycles. The molecular weight excluding hydrogens is 476 g/mol. The van der Waals surface area contributed by atoms with Crippen LogP contribution in [0.3, 0.4) is 0 Å². The highest BCUT2D eigenvalue weighted by Crippen LogP contribution is 2.15. The van der Waals surface area contributed by atoms with Crippen molar-refractivity contribution in [3.8, 4) is 0 Å². The van der Waals surface area contributed by atoms with E-state index >= 15 is 0 Å². The quantitative estimate of drug-likeness (QED) is 0.0842. The summed E-state index contributed by atoms with van der Waals surface area (Å²) in [4.78, 5) is 10.3. The molecule has 2 nitrogen and oxygen atoms in total. The molecule has 0 amide bonds. The Balaban J connectivity index is 0. The molecule has 39 heavy (non-hydrogen) atoms. The Morgan fingerprint density at radius 1 is 0.308 bits per heavy atom. The van der Waals surface area contributed by atoms with Crippen LogP contribution in [0.4, 0.5) is 0 Å². The zero-order valence-electron chi connectivity index (χ0n) is 27.7. The van der Waals surface area contributed by atoms with E-state index in [1.807, 2.05) is 0 Å². The fourth-order valence-electron chi connectivity index (χ4n) is 5.45. The second-order valence-electron chi connectivity index (χ2n) is 12.4. The SMILES string of the molecule is CCCCCCCCCCCCCCCC(=O)O.CCCCCCCCCCCCCCCCCCCCC. The van der Waals surface area contributed by atoms with Crippen LogP contribution >= 0.6 is 0 Å². The molecular formula is C37H76O2. The van der Waals surface area contributed by atoms with Crippen molar-refractivity contribution in [2.75, 3.05) is 0 Å². The van der Waals surface area contributed by atoms with Crippen LogP contribution in [-0.2, 0) is 4.79 Å². The van der Waals surface area contributed by atoms with Gasteiger partial charge in [-0.25, -0.2) is 0 Å². The minimum absolute atomic E-state index is 0.345. The van der Waals surface area contributed by atoms with E-state index in [0.717, 1.165) is 12.8 Å². The van der Waals surface area contributed by atoms with Crippen LogP contribution in [0.5, 0.6) is 0 Å². The lowest BCUT2D eigenvalue weighted by Gasteiger charge is -2.03. The van der Waals surface area contributed by atoms with Crippen LogP contribution in [-0.4, -0.2) is 11.1 Å². The Morgan fingerprint density at radius 2 is 0.462 bits per heavy atom. The highest BCUT2D eigenvalue weighted by atomic mass is 16.4. The molecule has 0 bridgehead atoms. The minimum Gasteiger partial charge on any atom is -0.481 e. The van der Waals surface area contributed by atoms with Gasteiger partial charge in [0, 0.05) is 6.42 Å². The first-order valence-electron chi connectivity index (χ1n) is 18.4. The van der Waals surface area contributed by atoms with E-state index in [1.165, 1.54) is 193 Å². The van der Waals surface area contributed by atoms with Gasteiger partial charge in [0.15, 0.2) is 0 Å². The Hall–Kier alpha value is -0.530. The summed E-state index contributed by atoms with van der Waals surface area (Å²) in [7, 11) is 0. The monoisotopic (exact) mass is 553 g/mol. The number of aliphatic carboxylic acids is 1. The molecule has 0 heterocycles. The summed E-state index contributed by atoms with van der Waals surface area (Å²) in [5.41, 5.74) is 0. The maximum absolute atomic E-state index is 10.3. The number of carboxylic acids is 1. The van der Waals surface area contributed by atoms with Crippen LogP contribution < -0.4 is 0 Å². The van der Waals surface area contributed by atoms with Crippen LogP contribution in [0.15, 0.2) is 0 Å². The van der Waals surface area contributed by atoms with Crippen molar-refractivity contribution in [2.45, 2.75) is 233 Å². The number of hydrogen-bond donors (Lipinski definition) is 1. The molecule has 0 aliphatic carbocycles. The Kier molecular flexibility index (Phi) is 41.2. The van der Waals surface area contributed by atoms with Crippen molar-refractivity contribution >= 4 is 5.97 Å². The molecule has 0 saturated carbocycles. The highest BCUT2D eigenvalue weighted by Gasteiger charge is 1.97. The number of carbonyl (C=O) groups is 1. The third kappa shape index (κ3) is 44.7. The molecule has 236 valence electrons. The van der Waals surface area contributed by atoms with Crippen LogP contribution in [0.25, 0.3) is 0 Å². The van der Waals surface area contributed by atoms with Crippen LogP contribution in [0.1, 0.15) is 233 Å². The number of rotatable bonds is 32. The molecule has 0 fully saturated rings. The van der Waals surface area contributed by atoms with Crippen LogP contribution in [0, 0.1) is 0 Å². The second kappa shape index (κ2) is 39.6. The van der Waals surface area contributed by atoms with E-state index in [1.54, 1.807) is 0 Å². The number of unbranched alkanes of at least 4 members (excludes halogenated alkanes) is 30. The molecule has 2 heteroatoms. The standard InChI is InChI=1S/C21H44.C16H32O2/c1-3-5-7-9-11-13-15-17-19-21-20-18-16-14-12-10-8-6-4-2;1-2-3-4-5-6-7-8-9-10-11-12-13-14-15-16(17)18/h3-21H2,1-2H3;2-15H2,1H3,(H,17,18). The van der Waals surface area contributed by atoms with Gasteiger partial charge >= 0.3 is 5.97 Å². The maximum atomic E-state index is 10.3. The van der Waals surface area contributed by atoms with Gasteiger partial charge in [-0.2, -0.15) is 0 Å². The molecule has 1 N–H and O–H groups in total. The smallest absolute Gasteiger partial charge is 0.303 e. The number of hydrogen-bond acceptors (Lipinski definition) is 1. The molecule has 0 spiro atoms. The average molecular weight is 553 g/mol. The Labute approximate surface area is 248 Å². The van der Waals surface area contributed by atoms with E-state index in [4.69, 9.17) is 5.11 Å². The lowest BCUT2D eigenvalue weighted by atomic mass is 10.0. The van der Waals surface area contributed by atoms with Crippen molar-refractivity contribution in [2.24, 2.45) is 0 Å². The van der Waals surface area contributed by atoms with E-state index < -0.39 is 5.97 Å². The van der Waals surface area contributed by atoms with Gasteiger partial charge in [0.2, 0.25) is 0 Å². The normalized spacial score (nSPS) is 10.9. The molecule has 0 atom stereocenters. The highest BCUT2D eigenvalue weighted by molar-refractivity contribution is 5.66. The zero-order valence-corrected chi connectivity index (χ0v) is 27.7. The molecule has 0 aromatic carbocycles. The summed E-state index contributed by atoms with van der Waals surface area (Å²) in [5.74, 6) is -0.655. The zero-order chi connectivity index (χ0) is 28.9. The molecule has 0 saturated heterocycles. The van der Waals surface area contributed by atoms with Crippen molar-refractivity contribution in [1.82, 2.24) is 0 Å². The molecule has 0 unspecified atom stereocenters. The van der Waals surface area contributed by atoms with Gasteiger partial charge in [-0.3, -0.25) is 4.79 Å². The van der Waals surface area contributed by atoms with E-state index in [-0.39, 0.29) is 0 Å². The van der Waals surface area contributed by atoms with Gasteiger partial charge in [-0.1, -0.05) is 220 Å². The summed E-state index contributed by atoms with van der Waals surface area (Å²) in [5, 5.41) is 8.49. The Morgan fingerprint density at radius 3 is 0.615 bits per heavy atom. The summed E-state index contributed by atoms with van der Waals surface area (Å²) in [6, 6.07) is 0. The molecule has 0 aromatic rings. The van der Waals surface area contributed by atoms with Gasteiger partial charge in [-0.05, 0) is 6.42 Å². The third-order valence-corrected chi connectivity index (χ3v) is 8.20. The van der Waals surface area contributed by atoms with Gasteiger partial charge < -0.3 is 5.11 Å². The number of carboxylic acid groups (broad SMARTS) is 1. The van der Waals surface area contributed by atoms with Crippen molar-refractivity contribution < 1.29 is 9.90 Å². The lowest BCUT2D eigenvalue weighted by Crippen LogP contribution is -1.93. The second-order valence-corrected chi connectivity index (χ2v) is 12.4. The van der Waals surface area contributed by atoms with Gasteiger partial charge in [-0.15, -0.1) is 0 Å². The summed E-state index contributed by atoms with van der Waals surface area (Å²) >= 11 is 0. The van der Waals surface area contributed by atoms with Gasteiger partial charge in [0.05, 0.1) is 0 Å². The Bertz CT molecular complexity index is 402. The topological polar surface area (TPSA) is 37.3 Å². The van der Waals surface area contributed by atoms with E-state index in [2.05, 4.69) is 20.8 Å². The third-order valence-electron chi connectivity index (χ3n) is 8.20. The van der Waals surface area contributed by atoms with E-state index in [9.17, 15) is 4.79 Å². The summed E-state index contributed by atoms with van der Waals surface area (Å²) < 4.78 is 0. The summed E-state index contributed by atoms with van der Waals surface area (Å²) in [6.45, 7) is 6.86. The van der Waals surface area contributed by atoms with Crippen molar-refractivity contribution in [3.63, 3.8) is 0 Å². The average Bonchev–Trinajstić information content (AvgIpc) is 2.93. The summed E-state index contributed by atoms with van der Waals surface area (Å²) in [6.07, 6.45) is 45.2. The first-order valence-corrected chi connectivity index (χ1v) is 18.4. The minimum atomic E-state index is -0.655. The maximum Gasteiger partial charge on any atom is 0.303 e. The largest absolute Gasteiger partial charge is 0.481 e. The molecule has 0 rings (SSSR count). The molecule has 0 aliphatic rings. The first kappa shape index (κ1) is 40.6. The van der Waals surface area contributed by atoms with Crippen molar-refractivity contribution in [3.05, 3.63) is 0 Å². The first-order chi connectivity index (χ1) is 19.2. The molecule has 0 aromatic heterocycles. The van der Waals surface area contributed by atoms with Crippen molar-refractivity contribution in [1.29, 1.82) is 0 Å². The predicted octanol–water partition coefficient (Wildman–Crippen LogP) is 14.0. The van der Waals surface area contributed by atoms with Crippen LogP contribution in [0.2, 0.25) is 0 Å².